The van der Waals surface area contributed by atoms with Crippen LogP contribution in [0.2, 0.25) is 0 Å². The molecule has 2 amide bonds. The van der Waals surface area contributed by atoms with Crippen molar-refractivity contribution in [1.82, 2.24) is 10.2 Å². The Hall–Kier alpha value is -1.26. The summed E-state index contributed by atoms with van der Waals surface area (Å²) in [5.74, 6) is 0.262. The molecule has 0 radical (unpaired) electrons. The van der Waals surface area contributed by atoms with Crippen molar-refractivity contribution in [2.24, 2.45) is 11.3 Å². The Bertz CT molecular complexity index is 434. The third-order valence-electron chi connectivity index (χ3n) is 4.92. The number of hydrogen-bond acceptors (Lipinski definition) is 3. The number of hydrogen-bond donors (Lipinski definition) is 1. The highest BCUT2D eigenvalue weighted by atomic mass is 16.6. The average Bonchev–Trinajstić information content (AvgIpc) is 2.41. The lowest BCUT2D eigenvalue weighted by atomic mass is 9.58. The number of amides is 2. The number of carbonyl (C=O) groups excluding carboxylic acids is 2. The Morgan fingerprint density at radius 3 is 2.23 bits per heavy atom. The van der Waals surface area contributed by atoms with Crippen LogP contribution in [0.15, 0.2) is 0 Å². The fourth-order valence-corrected chi connectivity index (χ4v) is 3.37. The Kier molecular flexibility index (Phi) is 4.73. The summed E-state index contributed by atoms with van der Waals surface area (Å²) in [5.41, 5.74) is -0.716. The Morgan fingerprint density at radius 1 is 1.14 bits per heavy atom. The predicted molar refractivity (Wildman–Crippen MR) is 85.5 cm³/mol. The van der Waals surface area contributed by atoms with Crippen molar-refractivity contribution in [2.75, 3.05) is 13.1 Å². The van der Waals surface area contributed by atoms with E-state index in [4.69, 9.17) is 4.74 Å². The fourth-order valence-electron chi connectivity index (χ4n) is 3.37. The van der Waals surface area contributed by atoms with Gasteiger partial charge in [-0.2, -0.15) is 0 Å². The first-order valence-corrected chi connectivity index (χ1v) is 8.39. The van der Waals surface area contributed by atoms with E-state index in [9.17, 15) is 9.59 Å². The van der Waals surface area contributed by atoms with Gasteiger partial charge in [-0.25, -0.2) is 4.79 Å². The highest BCUT2D eigenvalue weighted by molar-refractivity contribution is 5.81. The molecule has 22 heavy (non-hydrogen) atoms. The van der Waals surface area contributed by atoms with Crippen molar-refractivity contribution in [2.45, 2.75) is 71.9 Å². The predicted octanol–water partition coefficient (Wildman–Crippen LogP) is 2.94. The van der Waals surface area contributed by atoms with E-state index < -0.39 is 11.7 Å². The molecule has 2 rings (SSSR count). The van der Waals surface area contributed by atoms with E-state index in [1.165, 1.54) is 6.42 Å². The molecule has 0 aromatic heterocycles. The van der Waals surface area contributed by atoms with Gasteiger partial charge in [0.05, 0.1) is 0 Å². The van der Waals surface area contributed by atoms with Gasteiger partial charge in [0.25, 0.3) is 0 Å². The summed E-state index contributed by atoms with van der Waals surface area (Å²) in [5, 5.41) is 2.92. The molecule has 1 saturated carbocycles. The van der Waals surface area contributed by atoms with Gasteiger partial charge in [-0.05, 0) is 51.9 Å². The van der Waals surface area contributed by atoms with Crippen LogP contribution in [0.5, 0.6) is 0 Å². The van der Waals surface area contributed by atoms with Crippen LogP contribution in [-0.2, 0) is 9.53 Å². The Morgan fingerprint density at radius 2 is 1.73 bits per heavy atom. The third kappa shape index (κ3) is 3.73. The van der Waals surface area contributed by atoms with Gasteiger partial charge in [0.1, 0.15) is 5.60 Å². The second-order valence-corrected chi connectivity index (χ2v) is 8.19. The molecule has 126 valence electrons. The van der Waals surface area contributed by atoms with Gasteiger partial charge in [-0.1, -0.05) is 13.8 Å². The van der Waals surface area contributed by atoms with E-state index in [-0.39, 0.29) is 23.3 Å². The molecule has 0 spiro atoms. The molecular weight excluding hydrogens is 280 g/mol. The van der Waals surface area contributed by atoms with E-state index in [0.29, 0.717) is 6.42 Å². The van der Waals surface area contributed by atoms with Crippen molar-refractivity contribution in [3.8, 4) is 0 Å². The van der Waals surface area contributed by atoms with Crippen molar-refractivity contribution >= 4 is 12.0 Å². The zero-order valence-electron chi connectivity index (χ0n) is 14.6. The van der Waals surface area contributed by atoms with E-state index in [1.807, 2.05) is 25.7 Å². The number of nitrogens with zero attached hydrogens (tertiary/aromatic N) is 1. The second-order valence-electron chi connectivity index (χ2n) is 8.19. The first kappa shape index (κ1) is 17.1. The lowest BCUT2D eigenvalue weighted by molar-refractivity contribution is -0.149. The Labute approximate surface area is 133 Å². The van der Waals surface area contributed by atoms with Gasteiger partial charge in [0.2, 0.25) is 5.91 Å². The number of likely N-dealkylation sites (tertiary alicyclic amines) is 1. The minimum Gasteiger partial charge on any atom is -0.444 e. The smallest absolute Gasteiger partial charge is 0.407 e. The van der Waals surface area contributed by atoms with Gasteiger partial charge in [0.15, 0.2) is 0 Å². The molecule has 2 aliphatic rings. The van der Waals surface area contributed by atoms with Gasteiger partial charge in [-0.3, -0.25) is 4.79 Å². The van der Waals surface area contributed by atoms with E-state index in [1.54, 1.807) is 0 Å². The van der Waals surface area contributed by atoms with Gasteiger partial charge in [0, 0.05) is 25.0 Å². The van der Waals surface area contributed by atoms with Crippen LogP contribution in [0.25, 0.3) is 0 Å². The van der Waals surface area contributed by atoms with Crippen LogP contribution in [0.1, 0.15) is 60.3 Å². The third-order valence-corrected chi connectivity index (χ3v) is 4.92. The van der Waals surface area contributed by atoms with Crippen LogP contribution < -0.4 is 5.32 Å². The number of carbonyl (C=O) groups is 2. The molecule has 1 saturated heterocycles. The van der Waals surface area contributed by atoms with Gasteiger partial charge < -0.3 is 15.0 Å². The molecule has 1 aliphatic carbocycles. The summed E-state index contributed by atoms with van der Waals surface area (Å²) >= 11 is 0. The first-order chi connectivity index (χ1) is 10.1. The zero-order chi connectivity index (χ0) is 16.5. The number of nitrogens with one attached hydrogen (secondary N) is 1. The molecule has 2 fully saturated rings. The minimum atomic E-state index is -0.499. The zero-order valence-corrected chi connectivity index (χ0v) is 14.6. The lowest BCUT2D eigenvalue weighted by Crippen LogP contribution is -2.63. The van der Waals surface area contributed by atoms with Crippen molar-refractivity contribution in [3.63, 3.8) is 0 Å². The maximum absolute atomic E-state index is 12.6. The molecule has 0 unspecified atom stereocenters. The maximum atomic E-state index is 12.6. The molecule has 1 heterocycles. The standard InChI is InChI=1S/C17H30N2O3/c1-16(2,3)22-15(21)18-13-11-12(17(13,4)5)14(20)19-9-7-6-8-10-19/h12-13H,6-11H2,1-5H3,(H,18,21)/t12-,13-/m1/s1. The molecule has 0 aromatic carbocycles. The normalized spacial score (nSPS) is 27.8. The molecule has 2 atom stereocenters. The quantitative estimate of drug-likeness (QED) is 0.853. The summed E-state index contributed by atoms with van der Waals surface area (Å²) in [4.78, 5) is 26.5. The molecule has 0 bridgehead atoms. The van der Waals surface area contributed by atoms with Crippen LogP contribution in [0, 0.1) is 11.3 Å². The molecule has 0 aromatic rings. The SMILES string of the molecule is CC(C)(C)OC(=O)N[C@@H]1C[C@H](C(=O)N2CCCCC2)C1(C)C. The number of rotatable bonds is 2. The summed E-state index contributed by atoms with van der Waals surface area (Å²) < 4.78 is 5.30. The van der Waals surface area contributed by atoms with Crippen LogP contribution in [-0.4, -0.2) is 41.6 Å². The van der Waals surface area contributed by atoms with E-state index in [0.717, 1.165) is 25.9 Å². The minimum absolute atomic E-state index is 0.00101. The fraction of sp³-hybridized carbons (Fsp3) is 0.882. The Balaban J connectivity index is 1.89. The van der Waals surface area contributed by atoms with E-state index >= 15 is 0 Å². The van der Waals surface area contributed by atoms with Crippen LogP contribution in [0.4, 0.5) is 4.79 Å². The molecule has 1 aliphatic heterocycles. The molecule has 5 nitrogen and oxygen atoms in total. The highest BCUT2D eigenvalue weighted by Crippen LogP contribution is 2.47. The average molecular weight is 310 g/mol. The summed E-state index contributed by atoms with van der Waals surface area (Å²) in [6, 6.07) is 0.00101. The summed E-state index contributed by atoms with van der Waals surface area (Å²) in [7, 11) is 0. The molecule has 5 heteroatoms. The highest BCUT2D eigenvalue weighted by Gasteiger charge is 2.53. The monoisotopic (exact) mass is 310 g/mol. The second kappa shape index (κ2) is 6.09. The van der Waals surface area contributed by atoms with Crippen molar-refractivity contribution < 1.29 is 14.3 Å². The van der Waals surface area contributed by atoms with E-state index in [2.05, 4.69) is 19.2 Å². The summed E-state index contributed by atoms with van der Waals surface area (Å²) in [6.45, 7) is 11.4. The van der Waals surface area contributed by atoms with Crippen LogP contribution >= 0.6 is 0 Å². The first-order valence-electron chi connectivity index (χ1n) is 8.39. The van der Waals surface area contributed by atoms with Gasteiger partial charge >= 0.3 is 6.09 Å². The van der Waals surface area contributed by atoms with Crippen molar-refractivity contribution in [3.05, 3.63) is 0 Å². The number of piperidine rings is 1. The molecular formula is C17H30N2O3. The number of ether oxygens (including phenoxy) is 1. The largest absolute Gasteiger partial charge is 0.444 e. The number of alkyl carbamates (subject to hydrolysis) is 1. The maximum Gasteiger partial charge on any atom is 0.407 e. The van der Waals surface area contributed by atoms with Crippen molar-refractivity contribution in [1.29, 1.82) is 0 Å². The van der Waals surface area contributed by atoms with Crippen LogP contribution in [0.3, 0.4) is 0 Å². The topological polar surface area (TPSA) is 58.6 Å². The van der Waals surface area contributed by atoms with Gasteiger partial charge in [-0.15, -0.1) is 0 Å². The summed E-state index contributed by atoms with van der Waals surface area (Å²) in [6.07, 6.45) is 3.76. The lowest BCUT2D eigenvalue weighted by Gasteiger charge is -2.52. The molecule has 1 N–H and O–H groups in total.